The molecule has 3 aromatic rings. The Morgan fingerprint density at radius 2 is 2.00 bits per heavy atom. The molecule has 6 heteroatoms. The van der Waals surface area contributed by atoms with Crippen LogP contribution in [0.1, 0.15) is 21.7 Å². The summed E-state index contributed by atoms with van der Waals surface area (Å²) in [7, 11) is 3.29. The Bertz CT molecular complexity index is 965. The van der Waals surface area contributed by atoms with Gasteiger partial charge in [-0.25, -0.2) is 4.98 Å². The molecule has 0 radical (unpaired) electrons. The molecule has 3 rings (SSSR count). The number of carbonyl (C=O) groups is 1. The van der Waals surface area contributed by atoms with E-state index in [2.05, 4.69) is 9.97 Å². The van der Waals surface area contributed by atoms with Crippen LogP contribution in [-0.2, 0) is 17.9 Å². The van der Waals surface area contributed by atoms with Gasteiger partial charge < -0.3 is 14.6 Å². The van der Waals surface area contributed by atoms with Crippen molar-refractivity contribution in [1.29, 1.82) is 0 Å². The first-order chi connectivity index (χ1) is 12.1. The Hall–Kier alpha value is -2.99. The number of H-pyrrole nitrogens is 1. The van der Waals surface area contributed by atoms with Gasteiger partial charge in [0.25, 0.3) is 11.5 Å². The van der Waals surface area contributed by atoms with Crippen LogP contribution in [0.25, 0.3) is 10.9 Å². The Morgan fingerprint density at radius 1 is 1.20 bits per heavy atom. The van der Waals surface area contributed by atoms with Crippen molar-refractivity contribution in [3.63, 3.8) is 0 Å². The Balaban J connectivity index is 1.82. The van der Waals surface area contributed by atoms with E-state index in [-0.39, 0.29) is 18.0 Å². The first-order valence-corrected chi connectivity index (χ1v) is 7.90. The average molecular weight is 337 g/mol. The molecule has 1 N–H and O–H groups in total. The molecule has 0 saturated carbocycles. The molecule has 1 heterocycles. The van der Waals surface area contributed by atoms with Crippen molar-refractivity contribution in [2.75, 3.05) is 14.2 Å². The number of nitrogens with zero attached hydrogens (tertiary/aromatic N) is 2. The molecule has 0 spiro atoms. The van der Waals surface area contributed by atoms with E-state index < -0.39 is 0 Å². The van der Waals surface area contributed by atoms with Crippen LogP contribution in [0.2, 0.25) is 0 Å². The summed E-state index contributed by atoms with van der Waals surface area (Å²) in [6, 6.07) is 14.4. The zero-order valence-corrected chi connectivity index (χ0v) is 14.2. The summed E-state index contributed by atoms with van der Waals surface area (Å²) in [6.45, 7) is 0.664. The molecule has 1 amide bonds. The number of nitrogens with one attached hydrogen (secondary N) is 1. The van der Waals surface area contributed by atoms with Crippen molar-refractivity contribution in [2.45, 2.75) is 13.2 Å². The van der Waals surface area contributed by atoms with Gasteiger partial charge in [-0.1, -0.05) is 24.3 Å². The van der Waals surface area contributed by atoms with E-state index in [1.54, 1.807) is 44.5 Å². The smallest absolute Gasteiger partial charge is 0.258 e. The maximum absolute atomic E-state index is 12.6. The monoisotopic (exact) mass is 337 g/mol. The van der Waals surface area contributed by atoms with Gasteiger partial charge in [-0.2, -0.15) is 0 Å². The minimum Gasteiger partial charge on any atom is -0.380 e. The first-order valence-electron chi connectivity index (χ1n) is 7.90. The van der Waals surface area contributed by atoms with Gasteiger partial charge >= 0.3 is 0 Å². The second-order valence-corrected chi connectivity index (χ2v) is 5.82. The Kier molecular flexibility index (Phi) is 4.90. The van der Waals surface area contributed by atoms with Gasteiger partial charge in [0.05, 0.1) is 24.1 Å². The topological polar surface area (TPSA) is 75.3 Å². The van der Waals surface area contributed by atoms with Gasteiger partial charge in [-0.05, 0) is 29.8 Å². The number of aromatic amines is 1. The summed E-state index contributed by atoms with van der Waals surface area (Å²) >= 11 is 0. The third kappa shape index (κ3) is 3.75. The molecule has 0 aliphatic carbocycles. The van der Waals surface area contributed by atoms with E-state index in [1.807, 2.05) is 18.2 Å². The highest BCUT2D eigenvalue weighted by molar-refractivity contribution is 5.94. The van der Waals surface area contributed by atoms with Crippen LogP contribution in [0, 0.1) is 0 Å². The fourth-order valence-electron chi connectivity index (χ4n) is 2.69. The standard InChI is InChI=1S/C19H19N3O3/c1-22(19(24)14-7-5-6-13(10-14)12-25-2)11-17-20-16-9-4-3-8-15(16)18(23)21-17/h3-10H,11-12H2,1-2H3,(H,20,21,23). The van der Waals surface area contributed by atoms with Crippen LogP contribution in [0.3, 0.4) is 0 Å². The molecular weight excluding hydrogens is 318 g/mol. The quantitative estimate of drug-likeness (QED) is 0.775. The van der Waals surface area contributed by atoms with Crippen molar-refractivity contribution in [1.82, 2.24) is 14.9 Å². The van der Waals surface area contributed by atoms with E-state index in [0.29, 0.717) is 28.9 Å². The molecule has 0 unspecified atom stereocenters. The lowest BCUT2D eigenvalue weighted by Gasteiger charge is -2.17. The van der Waals surface area contributed by atoms with Gasteiger partial charge in [0.15, 0.2) is 0 Å². The number of aromatic nitrogens is 2. The van der Waals surface area contributed by atoms with Crippen LogP contribution in [0.5, 0.6) is 0 Å². The number of para-hydroxylation sites is 1. The molecule has 0 aliphatic heterocycles. The summed E-state index contributed by atoms with van der Waals surface area (Å²) in [5.41, 5.74) is 1.91. The molecule has 6 nitrogen and oxygen atoms in total. The van der Waals surface area contributed by atoms with Crippen LogP contribution in [-0.4, -0.2) is 34.9 Å². The van der Waals surface area contributed by atoms with E-state index in [9.17, 15) is 9.59 Å². The van der Waals surface area contributed by atoms with Crippen LogP contribution in [0.15, 0.2) is 53.3 Å². The number of carbonyl (C=O) groups excluding carboxylic acids is 1. The minimum atomic E-state index is -0.205. The molecular formula is C19H19N3O3. The number of amides is 1. The van der Waals surface area contributed by atoms with Crippen molar-refractivity contribution >= 4 is 16.8 Å². The average Bonchev–Trinajstić information content (AvgIpc) is 2.61. The highest BCUT2D eigenvalue weighted by Crippen LogP contribution is 2.11. The molecule has 2 aromatic carbocycles. The lowest BCUT2D eigenvalue weighted by atomic mass is 10.1. The number of fused-ring (bicyclic) bond motifs is 1. The highest BCUT2D eigenvalue weighted by atomic mass is 16.5. The van der Waals surface area contributed by atoms with Gasteiger partial charge in [-0.3, -0.25) is 9.59 Å². The third-order valence-corrected chi connectivity index (χ3v) is 3.88. The number of rotatable bonds is 5. The van der Waals surface area contributed by atoms with Crippen LogP contribution in [0.4, 0.5) is 0 Å². The molecule has 1 aromatic heterocycles. The zero-order valence-electron chi connectivity index (χ0n) is 14.2. The van der Waals surface area contributed by atoms with Crippen molar-refractivity contribution < 1.29 is 9.53 Å². The van der Waals surface area contributed by atoms with Crippen molar-refractivity contribution in [2.24, 2.45) is 0 Å². The molecule has 0 aliphatic rings. The fraction of sp³-hybridized carbons (Fsp3) is 0.211. The van der Waals surface area contributed by atoms with Gasteiger partial charge in [0.2, 0.25) is 0 Å². The second kappa shape index (κ2) is 7.27. The fourth-order valence-corrected chi connectivity index (χ4v) is 2.69. The SMILES string of the molecule is COCc1cccc(C(=O)N(C)Cc2nc3ccccc3c(=O)[nH]2)c1. The Labute approximate surface area is 145 Å². The minimum absolute atomic E-state index is 0.145. The molecule has 0 fully saturated rings. The van der Waals surface area contributed by atoms with Gasteiger partial charge in [-0.15, -0.1) is 0 Å². The number of hydrogen-bond acceptors (Lipinski definition) is 4. The lowest BCUT2D eigenvalue weighted by molar-refractivity contribution is 0.0781. The van der Waals surface area contributed by atoms with Gasteiger partial charge in [0.1, 0.15) is 5.82 Å². The highest BCUT2D eigenvalue weighted by Gasteiger charge is 2.14. The number of ether oxygens (including phenoxy) is 1. The molecule has 25 heavy (non-hydrogen) atoms. The van der Waals surface area contributed by atoms with Crippen LogP contribution >= 0.6 is 0 Å². The van der Waals surface area contributed by atoms with Crippen molar-refractivity contribution in [3.8, 4) is 0 Å². The molecule has 128 valence electrons. The number of hydrogen-bond donors (Lipinski definition) is 1. The first kappa shape index (κ1) is 16.9. The summed E-state index contributed by atoms with van der Waals surface area (Å²) in [5.74, 6) is 0.307. The molecule has 0 atom stereocenters. The zero-order chi connectivity index (χ0) is 17.8. The normalized spacial score (nSPS) is 10.8. The summed E-state index contributed by atoms with van der Waals surface area (Å²) in [6.07, 6.45) is 0. The lowest BCUT2D eigenvalue weighted by Crippen LogP contribution is -2.28. The third-order valence-electron chi connectivity index (χ3n) is 3.88. The number of benzene rings is 2. The van der Waals surface area contributed by atoms with Crippen LogP contribution < -0.4 is 5.56 Å². The Morgan fingerprint density at radius 3 is 2.80 bits per heavy atom. The van der Waals surface area contributed by atoms with E-state index in [4.69, 9.17) is 4.74 Å². The maximum Gasteiger partial charge on any atom is 0.258 e. The molecule has 0 saturated heterocycles. The predicted octanol–water partition coefficient (Wildman–Crippen LogP) is 2.34. The van der Waals surface area contributed by atoms with Crippen molar-refractivity contribution in [3.05, 3.63) is 75.8 Å². The predicted molar refractivity (Wildman–Crippen MR) is 95.3 cm³/mol. The van der Waals surface area contributed by atoms with Gasteiger partial charge in [0, 0.05) is 19.7 Å². The maximum atomic E-state index is 12.6. The largest absolute Gasteiger partial charge is 0.380 e. The summed E-state index contributed by atoms with van der Waals surface area (Å²) < 4.78 is 5.10. The number of methoxy groups -OCH3 is 1. The van der Waals surface area contributed by atoms with E-state index in [0.717, 1.165) is 5.56 Å². The molecule has 0 bridgehead atoms. The second-order valence-electron chi connectivity index (χ2n) is 5.82. The summed E-state index contributed by atoms with van der Waals surface area (Å²) in [5, 5.41) is 0.535. The van der Waals surface area contributed by atoms with E-state index >= 15 is 0 Å². The van der Waals surface area contributed by atoms with E-state index in [1.165, 1.54) is 4.90 Å². The summed E-state index contributed by atoms with van der Waals surface area (Å²) in [4.78, 5) is 33.4.